The highest BCUT2D eigenvalue weighted by atomic mass is 32.2. The van der Waals surface area contributed by atoms with Crippen LogP contribution in [0.2, 0.25) is 0 Å². The number of hydrogen-bond donors (Lipinski definition) is 1. The number of fused-ring (bicyclic) bond motifs is 1. The quantitative estimate of drug-likeness (QED) is 0.606. The fourth-order valence-corrected chi connectivity index (χ4v) is 4.66. The molecule has 8 heteroatoms. The van der Waals surface area contributed by atoms with E-state index in [1.54, 1.807) is 12.1 Å². The van der Waals surface area contributed by atoms with Gasteiger partial charge in [0.05, 0.1) is 33.5 Å². The molecule has 1 aromatic heterocycles. The Morgan fingerprint density at radius 3 is 2.38 bits per heavy atom. The minimum Gasteiger partial charge on any atom is -0.367 e. The van der Waals surface area contributed by atoms with E-state index in [0.717, 1.165) is 35.8 Å². The van der Waals surface area contributed by atoms with E-state index in [2.05, 4.69) is 46.8 Å². The number of imidazole rings is 1. The minimum atomic E-state index is -3.29. The third-order valence-electron chi connectivity index (χ3n) is 5.97. The maximum Gasteiger partial charge on any atom is 0.204 e. The number of nitriles is 1. The van der Waals surface area contributed by atoms with Crippen LogP contribution in [-0.4, -0.2) is 43.4 Å². The number of benzene rings is 2. The van der Waals surface area contributed by atoms with Gasteiger partial charge >= 0.3 is 0 Å². The number of hydrogen-bond acceptors (Lipinski definition) is 6. The highest BCUT2D eigenvalue weighted by Gasteiger charge is 2.32. The van der Waals surface area contributed by atoms with Crippen LogP contribution in [0.15, 0.2) is 47.4 Å². The summed E-state index contributed by atoms with van der Waals surface area (Å²) >= 11 is 0. The molecule has 0 amide bonds. The van der Waals surface area contributed by atoms with Gasteiger partial charge in [-0.2, -0.15) is 5.26 Å². The molecule has 0 unspecified atom stereocenters. The Kier molecular flexibility index (Phi) is 5.41. The average Bonchev–Trinajstić information content (AvgIpc) is 3.03. The molecule has 0 bridgehead atoms. The molecule has 1 aliphatic rings. The SMILES string of the molecule is CC(C)Nc1nc2cc(S(C)(=O)=O)ccc2n1C1CN(c2ccc(C(C)(C)C#N)cc2)C1. The standard InChI is InChI=1S/C24H29N5O2S/c1-16(2)26-23-27-21-12-20(32(5,30)31)10-11-22(21)29(23)19-13-28(14-19)18-8-6-17(7-9-18)24(3,4)15-25/h6-12,16,19H,13-14H2,1-5H3,(H,26,27). The van der Waals surface area contributed by atoms with Gasteiger partial charge in [-0.15, -0.1) is 0 Å². The van der Waals surface area contributed by atoms with E-state index in [9.17, 15) is 13.7 Å². The zero-order chi connectivity index (χ0) is 23.3. The monoisotopic (exact) mass is 451 g/mol. The lowest BCUT2D eigenvalue weighted by Gasteiger charge is -2.42. The van der Waals surface area contributed by atoms with Crippen LogP contribution in [0.1, 0.15) is 39.3 Å². The van der Waals surface area contributed by atoms with Crippen LogP contribution < -0.4 is 10.2 Å². The zero-order valence-electron chi connectivity index (χ0n) is 19.1. The Balaban J connectivity index is 1.61. The van der Waals surface area contributed by atoms with E-state index >= 15 is 0 Å². The van der Waals surface area contributed by atoms with E-state index in [1.165, 1.54) is 6.26 Å². The summed E-state index contributed by atoms with van der Waals surface area (Å²) in [6.45, 7) is 9.61. The van der Waals surface area contributed by atoms with Crippen molar-refractivity contribution >= 4 is 32.5 Å². The number of rotatable bonds is 6. The van der Waals surface area contributed by atoms with E-state index in [1.807, 2.05) is 32.0 Å². The van der Waals surface area contributed by atoms with Gasteiger partial charge in [0.1, 0.15) is 0 Å². The van der Waals surface area contributed by atoms with Gasteiger partial charge in [0.15, 0.2) is 9.84 Å². The number of sulfone groups is 1. The molecule has 0 atom stereocenters. The second kappa shape index (κ2) is 7.82. The summed E-state index contributed by atoms with van der Waals surface area (Å²) in [6, 6.07) is 16.1. The fourth-order valence-electron chi connectivity index (χ4n) is 4.02. The van der Waals surface area contributed by atoms with Crippen molar-refractivity contribution in [2.45, 2.75) is 50.1 Å². The van der Waals surface area contributed by atoms with Crippen molar-refractivity contribution < 1.29 is 8.42 Å². The minimum absolute atomic E-state index is 0.201. The van der Waals surface area contributed by atoms with E-state index in [-0.39, 0.29) is 17.0 Å². The topological polar surface area (TPSA) is 91.0 Å². The van der Waals surface area contributed by atoms with Crippen molar-refractivity contribution in [2.75, 3.05) is 29.6 Å². The van der Waals surface area contributed by atoms with Gasteiger partial charge in [-0.1, -0.05) is 12.1 Å². The number of aromatic nitrogens is 2. The highest BCUT2D eigenvalue weighted by molar-refractivity contribution is 7.90. The maximum atomic E-state index is 12.0. The van der Waals surface area contributed by atoms with Gasteiger partial charge in [0.2, 0.25) is 5.95 Å². The number of nitrogens with zero attached hydrogens (tertiary/aromatic N) is 4. The summed E-state index contributed by atoms with van der Waals surface area (Å²) in [4.78, 5) is 7.29. The van der Waals surface area contributed by atoms with Gasteiger partial charge in [-0.3, -0.25) is 0 Å². The van der Waals surface area contributed by atoms with Crippen LogP contribution >= 0.6 is 0 Å². The molecule has 0 aliphatic carbocycles. The van der Waals surface area contributed by atoms with Gasteiger partial charge in [0.25, 0.3) is 0 Å². The molecule has 168 valence electrons. The molecule has 1 aliphatic heterocycles. The molecule has 0 spiro atoms. The Bertz CT molecular complexity index is 1290. The van der Waals surface area contributed by atoms with Crippen LogP contribution in [-0.2, 0) is 15.3 Å². The van der Waals surface area contributed by atoms with Crippen molar-refractivity contribution in [1.29, 1.82) is 5.26 Å². The van der Waals surface area contributed by atoms with Gasteiger partial charge < -0.3 is 14.8 Å². The highest BCUT2D eigenvalue weighted by Crippen LogP contribution is 2.35. The predicted octanol–water partition coefficient (Wildman–Crippen LogP) is 4.12. The summed E-state index contributed by atoms with van der Waals surface area (Å²) in [7, 11) is -3.29. The second-order valence-electron chi connectivity index (χ2n) is 9.37. The normalized spacial score (nSPS) is 15.1. The Morgan fingerprint density at radius 1 is 1.16 bits per heavy atom. The first kappa shape index (κ1) is 22.2. The van der Waals surface area contributed by atoms with E-state index in [4.69, 9.17) is 4.98 Å². The second-order valence-corrected chi connectivity index (χ2v) is 11.4. The molecule has 1 fully saturated rings. The van der Waals surface area contributed by atoms with Gasteiger partial charge in [-0.05, 0) is 63.6 Å². The van der Waals surface area contributed by atoms with E-state index < -0.39 is 15.3 Å². The van der Waals surface area contributed by atoms with Crippen LogP contribution in [0.5, 0.6) is 0 Å². The Labute approximate surface area is 189 Å². The molecular formula is C24H29N5O2S. The molecule has 3 aromatic rings. The molecule has 2 heterocycles. The lowest BCUT2D eigenvalue weighted by Crippen LogP contribution is -2.48. The number of anilines is 2. The average molecular weight is 452 g/mol. The van der Waals surface area contributed by atoms with Crippen LogP contribution in [0.25, 0.3) is 11.0 Å². The molecule has 2 aromatic carbocycles. The Hall–Kier alpha value is -3.05. The summed E-state index contributed by atoms with van der Waals surface area (Å²) in [5.74, 6) is 0.761. The van der Waals surface area contributed by atoms with Crippen molar-refractivity contribution in [1.82, 2.24) is 9.55 Å². The summed E-state index contributed by atoms with van der Waals surface area (Å²) in [5, 5.41) is 12.8. The lowest BCUT2D eigenvalue weighted by molar-refractivity contribution is 0.411. The summed E-state index contributed by atoms with van der Waals surface area (Å²) in [6.07, 6.45) is 1.21. The first-order valence-electron chi connectivity index (χ1n) is 10.7. The van der Waals surface area contributed by atoms with Crippen molar-refractivity contribution in [3.05, 3.63) is 48.0 Å². The summed E-state index contributed by atoms with van der Waals surface area (Å²) in [5.41, 5.74) is 3.23. The first-order valence-corrected chi connectivity index (χ1v) is 12.6. The van der Waals surface area contributed by atoms with Crippen LogP contribution in [0.3, 0.4) is 0 Å². The largest absolute Gasteiger partial charge is 0.367 e. The third-order valence-corrected chi connectivity index (χ3v) is 7.08. The van der Waals surface area contributed by atoms with Gasteiger partial charge in [-0.25, -0.2) is 13.4 Å². The molecule has 7 nitrogen and oxygen atoms in total. The molecule has 0 radical (unpaired) electrons. The molecule has 32 heavy (non-hydrogen) atoms. The molecule has 4 rings (SSSR count). The zero-order valence-corrected chi connectivity index (χ0v) is 19.9. The van der Waals surface area contributed by atoms with E-state index in [0.29, 0.717) is 5.52 Å². The van der Waals surface area contributed by atoms with Crippen molar-refractivity contribution in [3.8, 4) is 6.07 Å². The van der Waals surface area contributed by atoms with Crippen molar-refractivity contribution in [2.24, 2.45) is 0 Å². The molecule has 0 saturated carbocycles. The summed E-state index contributed by atoms with van der Waals surface area (Å²) < 4.78 is 26.1. The molecule has 1 N–H and O–H groups in total. The smallest absolute Gasteiger partial charge is 0.204 e. The third kappa shape index (κ3) is 4.05. The lowest BCUT2D eigenvalue weighted by atomic mass is 9.86. The predicted molar refractivity (Wildman–Crippen MR) is 128 cm³/mol. The first-order chi connectivity index (χ1) is 15.0. The fraction of sp³-hybridized carbons (Fsp3) is 0.417. The molecular weight excluding hydrogens is 422 g/mol. The van der Waals surface area contributed by atoms with Crippen LogP contribution in [0, 0.1) is 11.3 Å². The maximum absolute atomic E-state index is 12.0. The molecule has 1 saturated heterocycles. The van der Waals surface area contributed by atoms with Crippen LogP contribution in [0.4, 0.5) is 11.6 Å². The number of nitrogens with one attached hydrogen (secondary N) is 1. The van der Waals surface area contributed by atoms with Gasteiger partial charge in [0, 0.05) is 31.1 Å². The Morgan fingerprint density at radius 2 is 1.81 bits per heavy atom. The van der Waals surface area contributed by atoms with Crippen molar-refractivity contribution in [3.63, 3.8) is 0 Å².